The second-order valence-electron chi connectivity index (χ2n) is 8.33. The summed E-state index contributed by atoms with van der Waals surface area (Å²) in [7, 11) is 5.36. The molecule has 0 spiro atoms. The first kappa shape index (κ1) is 21.2. The standard InChI is InChI=1S/C24H21N7O3/c1-27-7-8-30(20-6-4-5-19-18(20)11-23(31(33)34)24(32)29(19)3)22-9-15(12-25)17(10-21(22)27)16-13-26-28(2)14-16/h4-6,9-11,13-14H,7-8H2,1-3H3. The summed E-state index contributed by atoms with van der Waals surface area (Å²) in [5.74, 6) is 0. The first-order valence-corrected chi connectivity index (χ1v) is 10.6. The van der Waals surface area contributed by atoms with Crippen LogP contribution in [0, 0.1) is 21.4 Å². The first-order valence-electron chi connectivity index (χ1n) is 10.6. The highest BCUT2D eigenvalue weighted by atomic mass is 16.6. The number of likely N-dealkylation sites (N-methyl/N-ethyl adjacent to an activating group) is 1. The molecule has 0 fully saturated rings. The van der Waals surface area contributed by atoms with Crippen molar-refractivity contribution in [3.05, 3.63) is 74.8 Å². The molecule has 2 aromatic carbocycles. The zero-order valence-electron chi connectivity index (χ0n) is 18.9. The van der Waals surface area contributed by atoms with Gasteiger partial charge in [0.15, 0.2) is 0 Å². The SMILES string of the molecule is CN1CCN(c2cccc3c2cc([N+](=O)[O-])c(=O)n3C)c2cc(C#N)c(-c3cnn(C)c3)cc21. The van der Waals surface area contributed by atoms with Crippen molar-refractivity contribution in [1.29, 1.82) is 5.26 Å². The van der Waals surface area contributed by atoms with E-state index >= 15 is 0 Å². The molecule has 5 rings (SSSR count). The molecule has 10 nitrogen and oxygen atoms in total. The fourth-order valence-corrected chi connectivity index (χ4v) is 4.56. The number of nitro groups is 1. The lowest BCUT2D eigenvalue weighted by Crippen LogP contribution is -2.36. The molecule has 0 saturated carbocycles. The second-order valence-corrected chi connectivity index (χ2v) is 8.33. The molecule has 34 heavy (non-hydrogen) atoms. The molecule has 1 aliphatic rings. The Morgan fingerprint density at radius 1 is 1.09 bits per heavy atom. The van der Waals surface area contributed by atoms with Crippen molar-refractivity contribution < 1.29 is 4.92 Å². The van der Waals surface area contributed by atoms with Gasteiger partial charge in [-0.25, -0.2) is 0 Å². The predicted molar refractivity (Wildman–Crippen MR) is 129 cm³/mol. The van der Waals surface area contributed by atoms with Gasteiger partial charge in [0.2, 0.25) is 0 Å². The van der Waals surface area contributed by atoms with Gasteiger partial charge in [-0.2, -0.15) is 10.4 Å². The minimum absolute atomic E-state index is 0.471. The Kier molecular flexibility index (Phi) is 4.83. The maximum Gasteiger partial charge on any atom is 0.334 e. The van der Waals surface area contributed by atoms with Gasteiger partial charge >= 0.3 is 11.2 Å². The number of nitrogens with zero attached hydrogens (tertiary/aromatic N) is 7. The monoisotopic (exact) mass is 455 g/mol. The number of hydrogen-bond acceptors (Lipinski definition) is 7. The van der Waals surface area contributed by atoms with Crippen LogP contribution in [0.3, 0.4) is 0 Å². The third kappa shape index (κ3) is 3.17. The molecule has 1 aliphatic heterocycles. The number of benzene rings is 2. The summed E-state index contributed by atoms with van der Waals surface area (Å²) in [4.78, 5) is 27.5. The van der Waals surface area contributed by atoms with E-state index in [1.807, 2.05) is 44.6 Å². The Morgan fingerprint density at radius 2 is 1.88 bits per heavy atom. The number of aromatic nitrogens is 3. The number of fused-ring (bicyclic) bond motifs is 2. The Balaban J connectivity index is 1.76. The summed E-state index contributed by atoms with van der Waals surface area (Å²) in [6, 6.07) is 13.0. The van der Waals surface area contributed by atoms with E-state index in [1.165, 1.54) is 17.7 Å². The molecule has 0 aliphatic carbocycles. The van der Waals surface area contributed by atoms with Crippen LogP contribution in [-0.2, 0) is 14.1 Å². The van der Waals surface area contributed by atoms with E-state index in [4.69, 9.17) is 0 Å². The zero-order chi connectivity index (χ0) is 24.1. The molecular weight excluding hydrogens is 434 g/mol. The van der Waals surface area contributed by atoms with Crippen LogP contribution < -0.4 is 15.4 Å². The Labute approximate surface area is 194 Å². The normalized spacial score (nSPS) is 13.1. The zero-order valence-corrected chi connectivity index (χ0v) is 18.9. The Bertz CT molecular complexity index is 1580. The fraction of sp³-hybridized carbons (Fsp3) is 0.208. The molecule has 10 heteroatoms. The summed E-state index contributed by atoms with van der Waals surface area (Å²) in [5.41, 5.74) is 4.11. The van der Waals surface area contributed by atoms with Crippen LogP contribution in [-0.4, -0.2) is 39.4 Å². The summed E-state index contributed by atoms with van der Waals surface area (Å²) in [6.07, 6.45) is 3.60. The van der Waals surface area contributed by atoms with Crippen molar-refractivity contribution in [3.8, 4) is 17.2 Å². The summed E-state index contributed by atoms with van der Waals surface area (Å²) >= 11 is 0. The van der Waals surface area contributed by atoms with E-state index in [0.29, 0.717) is 29.6 Å². The minimum Gasteiger partial charge on any atom is -0.371 e. The van der Waals surface area contributed by atoms with Gasteiger partial charge in [0.1, 0.15) is 0 Å². The van der Waals surface area contributed by atoms with Crippen LogP contribution >= 0.6 is 0 Å². The van der Waals surface area contributed by atoms with E-state index in [-0.39, 0.29) is 0 Å². The minimum atomic E-state index is -0.652. The molecule has 0 saturated heterocycles. The van der Waals surface area contributed by atoms with Crippen molar-refractivity contribution in [1.82, 2.24) is 14.3 Å². The van der Waals surface area contributed by atoms with Gasteiger partial charge in [-0.3, -0.25) is 19.6 Å². The van der Waals surface area contributed by atoms with Gasteiger partial charge < -0.3 is 14.4 Å². The van der Waals surface area contributed by atoms with E-state index < -0.39 is 16.2 Å². The maximum absolute atomic E-state index is 12.5. The Morgan fingerprint density at radius 3 is 2.56 bits per heavy atom. The molecule has 0 radical (unpaired) electrons. The number of nitriles is 1. The van der Waals surface area contributed by atoms with Gasteiger partial charge in [-0.1, -0.05) is 6.07 Å². The van der Waals surface area contributed by atoms with Gasteiger partial charge in [0, 0.05) is 63.0 Å². The van der Waals surface area contributed by atoms with Gasteiger partial charge in [-0.15, -0.1) is 0 Å². The number of hydrogen-bond donors (Lipinski definition) is 0. The molecule has 4 aromatic rings. The van der Waals surface area contributed by atoms with E-state index in [0.717, 1.165) is 28.2 Å². The van der Waals surface area contributed by atoms with E-state index in [2.05, 4.69) is 21.0 Å². The largest absolute Gasteiger partial charge is 0.371 e. The quantitative estimate of drug-likeness (QED) is 0.344. The smallest absolute Gasteiger partial charge is 0.334 e. The van der Waals surface area contributed by atoms with Crippen molar-refractivity contribution in [2.45, 2.75) is 0 Å². The van der Waals surface area contributed by atoms with E-state index in [1.54, 1.807) is 16.9 Å². The molecule has 0 atom stereocenters. The number of rotatable bonds is 3. The van der Waals surface area contributed by atoms with Crippen LogP contribution in [0.2, 0.25) is 0 Å². The molecule has 0 unspecified atom stereocenters. The van der Waals surface area contributed by atoms with Crippen LogP contribution in [0.25, 0.3) is 22.0 Å². The molecule has 0 bridgehead atoms. The molecule has 170 valence electrons. The summed E-state index contributed by atoms with van der Waals surface area (Å²) < 4.78 is 3.00. The maximum atomic E-state index is 12.5. The van der Waals surface area contributed by atoms with Crippen molar-refractivity contribution in [2.75, 3.05) is 29.9 Å². The molecule has 0 amide bonds. The molecule has 3 heterocycles. The van der Waals surface area contributed by atoms with Crippen LogP contribution in [0.4, 0.5) is 22.7 Å². The van der Waals surface area contributed by atoms with Gasteiger partial charge in [0.25, 0.3) is 0 Å². The second kappa shape index (κ2) is 7.74. The van der Waals surface area contributed by atoms with E-state index in [9.17, 15) is 20.2 Å². The lowest BCUT2D eigenvalue weighted by atomic mass is 9.98. The molecular formula is C24H21N7O3. The third-order valence-electron chi connectivity index (χ3n) is 6.33. The van der Waals surface area contributed by atoms with Crippen LogP contribution in [0.1, 0.15) is 5.56 Å². The van der Waals surface area contributed by atoms with Gasteiger partial charge in [-0.05, 0) is 24.3 Å². The average Bonchev–Trinajstić information content (AvgIpc) is 3.26. The number of pyridine rings is 1. The molecule has 2 aromatic heterocycles. The van der Waals surface area contributed by atoms with Crippen molar-refractivity contribution in [2.24, 2.45) is 14.1 Å². The highest BCUT2D eigenvalue weighted by molar-refractivity contribution is 5.98. The average molecular weight is 455 g/mol. The first-order chi connectivity index (χ1) is 16.3. The summed E-state index contributed by atoms with van der Waals surface area (Å²) in [6.45, 7) is 1.31. The number of anilines is 3. The Hall–Kier alpha value is -4.65. The highest BCUT2D eigenvalue weighted by Crippen LogP contribution is 2.43. The third-order valence-corrected chi connectivity index (χ3v) is 6.33. The topological polar surface area (TPSA) is 113 Å². The fourth-order valence-electron chi connectivity index (χ4n) is 4.56. The van der Waals surface area contributed by atoms with Crippen LogP contribution in [0.15, 0.2) is 53.6 Å². The predicted octanol–water partition coefficient (Wildman–Crippen LogP) is 3.31. The van der Waals surface area contributed by atoms with Gasteiger partial charge in [0.05, 0.1) is 45.3 Å². The van der Waals surface area contributed by atoms with Crippen molar-refractivity contribution in [3.63, 3.8) is 0 Å². The van der Waals surface area contributed by atoms with Crippen LogP contribution in [0.5, 0.6) is 0 Å². The summed E-state index contributed by atoms with van der Waals surface area (Å²) in [5, 5.41) is 26.3. The highest BCUT2D eigenvalue weighted by Gasteiger charge is 2.27. The van der Waals surface area contributed by atoms with Crippen molar-refractivity contribution >= 4 is 33.7 Å². The molecule has 0 N–H and O–H groups in total. The number of aryl methyl sites for hydroxylation is 2. The lowest BCUT2D eigenvalue weighted by Gasteiger charge is -2.38. The lowest BCUT2D eigenvalue weighted by molar-refractivity contribution is -0.386.